The van der Waals surface area contributed by atoms with Crippen LogP contribution in [-0.4, -0.2) is 36.7 Å². The number of hydrogen-bond donors (Lipinski definition) is 1. The van der Waals surface area contributed by atoms with E-state index in [0.717, 1.165) is 13.1 Å². The summed E-state index contributed by atoms with van der Waals surface area (Å²) in [5.74, 6) is -0.371. The van der Waals surface area contributed by atoms with Crippen molar-refractivity contribution in [1.29, 1.82) is 0 Å². The van der Waals surface area contributed by atoms with E-state index in [4.69, 9.17) is 22.1 Å². The summed E-state index contributed by atoms with van der Waals surface area (Å²) in [7, 11) is 0. The van der Waals surface area contributed by atoms with Gasteiger partial charge in [-0.25, -0.2) is 4.39 Å². The summed E-state index contributed by atoms with van der Waals surface area (Å²) in [6, 6.07) is 4.90. The van der Waals surface area contributed by atoms with E-state index < -0.39 is 0 Å². The second-order valence-electron chi connectivity index (χ2n) is 5.47. The monoisotopic (exact) mass is 286 g/mol. The van der Waals surface area contributed by atoms with Crippen molar-refractivity contribution in [3.8, 4) is 0 Å². The van der Waals surface area contributed by atoms with E-state index in [1.54, 1.807) is 18.2 Å². The van der Waals surface area contributed by atoms with E-state index in [0.29, 0.717) is 18.7 Å². The minimum Gasteiger partial charge on any atom is -0.373 e. The largest absolute Gasteiger partial charge is 0.373 e. The van der Waals surface area contributed by atoms with E-state index in [9.17, 15) is 4.39 Å². The number of nitrogens with two attached hydrogens (primary N) is 1. The molecular weight excluding hydrogens is 267 g/mol. The first-order valence-electron chi connectivity index (χ1n) is 6.46. The summed E-state index contributed by atoms with van der Waals surface area (Å²) in [5, 5.41) is 0.142. The molecule has 106 valence electrons. The molecule has 5 heteroatoms. The Labute approximate surface area is 118 Å². The Morgan fingerprint density at radius 3 is 2.89 bits per heavy atom. The fraction of sp³-hybridized carbons (Fsp3) is 0.571. The van der Waals surface area contributed by atoms with Crippen LogP contribution in [0.2, 0.25) is 5.02 Å². The molecule has 0 radical (unpaired) electrons. The molecular formula is C14H20ClFN2O. The summed E-state index contributed by atoms with van der Waals surface area (Å²) in [4.78, 5) is 2.16. The van der Waals surface area contributed by atoms with Crippen molar-refractivity contribution in [2.45, 2.75) is 25.5 Å². The van der Waals surface area contributed by atoms with Crippen molar-refractivity contribution in [3.63, 3.8) is 0 Å². The van der Waals surface area contributed by atoms with Gasteiger partial charge in [-0.05, 0) is 19.9 Å². The van der Waals surface area contributed by atoms with Gasteiger partial charge in [0, 0.05) is 25.2 Å². The van der Waals surface area contributed by atoms with Gasteiger partial charge >= 0.3 is 0 Å². The zero-order chi connectivity index (χ0) is 14.0. The average Bonchev–Trinajstić information content (AvgIpc) is 2.34. The molecule has 1 aromatic rings. The van der Waals surface area contributed by atoms with Crippen molar-refractivity contribution in [2.24, 2.45) is 5.73 Å². The standard InChI is InChI=1S/C14H20ClFN2O/c1-14(2)9-18(6-7-19-14)12(8-17)10-4-3-5-11(15)13(10)16/h3-5,12H,6-9,17H2,1-2H3. The number of rotatable bonds is 3. The first kappa shape index (κ1) is 14.7. The molecule has 19 heavy (non-hydrogen) atoms. The molecule has 2 N–H and O–H groups in total. The maximum absolute atomic E-state index is 14.1. The molecule has 0 bridgehead atoms. The SMILES string of the molecule is CC1(C)CN(C(CN)c2cccc(Cl)c2F)CCO1. The van der Waals surface area contributed by atoms with Crippen LogP contribution in [0.25, 0.3) is 0 Å². The van der Waals surface area contributed by atoms with E-state index >= 15 is 0 Å². The van der Waals surface area contributed by atoms with Crippen molar-refractivity contribution < 1.29 is 9.13 Å². The molecule has 1 aliphatic heterocycles. The second-order valence-corrected chi connectivity index (χ2v) is 5.88. The molecule has 1 aliphatic rings. The topological polar surface area (TPSA) is 38.5 Å². The van der Waals surface area contributed by atoms with Crippen molar-refractivity contribution in [1.82, 2.24) is 4.90 Å². The minimum absolute atomic E-state index is 0.142. The fourth-order valence-electron chi connectivity index (χ4n) is 2.57. The van der Waals surface area contributed by atoms with E-state index in [1.807, 2.05) is 13.8 Å². The van der Waals surface area contributed by atoms with Crippen LogP contribution in [0.15, 0.2) is 18.2 Å². The third-order valence-electron chi connectivity index (χ3n) is 3.46. The van der Waals surface area contributed by atoms with Gasteiger partial charge in [-0.15, -0.1) is 0 Å². The van der Waals surface area contributed by atoms with Crippen molar-refractivity contribution >= 4 is 11.6 Å². The Balaban J connectivity index is 2.27. The van der Waals surface area contributed by atoms with Crippen LogP contribution in [-0.2, 0) is 4.74 Å². The number of hydrogen-bond acceptors (Lipinski definition) is 3. The van der Waals surface area contributed by atoms with Gasteiger partial charge < -0.3 is 10.5 Å². The lowest BCUT2D eigenvalue weighted by Crippen LogP contribution is -2.50. The smallest absolute Gasteiger partial charge is 0.146 e. The van der Waals surface area contributed by atoms with Crippen LogP contribution in [0.3, 0.4) is 0 Å². The molecule has 1 atom stereocenters. The number of nitrogens with zero attached hydrogens (tertiary/aromatic N) is 1. The predicted octanol–water partition coefficient (Wildman–Crippen LogP) is 2.59. The first-order chi connectivity index (χ1) is 8.94. The van der Waals surface area contributed by atoms with Gasteiger partial charge in [0.05, 0.1) is 23.3 Å². The summed E-state index contributed by atoms with van der Waals surface area (Å²) in [6.07, 6.45) is 0. The lowest BCUT2D eigenvalue weighted by atomic mass is 10.0. The molecule has 1 heterocycles. The molecule has 1 fully saturated rings. The zero-order valence-electron chi connectivity index (χ0n) is 11.3. The highest BCUT2D eigenvalue weighted by Crippen LogP contribution is 2.30. The molecule has 0 amide bonds. The lowest BCUT2D eigenvalue weighted by molar-refractivity contribution is -0.0970. The van der Waals surface area contributed by atoms with Crippen LogP contribution in [0.4, 0.5) is 4.39 Å². The second kappa shape index (κ2) is 5.75. The summed E-state index contributed by atoms with van der Waals surface area (Å²) >= 11 is 5.85. The van der Waals surface area contributed by atoms with Gasteiger partial charge in [0.25, 0.3) is 0 Å². The Morgan fingerprint density at radius 1 is 1.53 bits per heavy atom. The minimum atomic E-state index is -0.371. The van der Waals surface area contributed by atoms with Crippen LogP contribution >= 0.6 is 11.6 Å². The van der Waals surface area contributed by atoms with Crippen LogP contribution in [0.1, 0.15) is 25.5 Å². The number of halogens is 2. The molecule has 1 unspecified atom stereocenters. The molecule has 0 aromatic heterocycles. The van der Waals surface area contributed by atoms with E-state index in [2.05, 4.69) is 4.90 Å². The van der Waals surface area contributed by atoms with Gasteiger partial charge in [0.15, 0.2) is 0 Å². The van der Waals surface area contributed by atoms with Gasteiger partial charge in [-0.3, -0.25) is 4.90 Å². The third kappa shape index (κ3) is 3.26. The Morgan fingerprint density at radius 2 is 2.26 bits per heavy atom. The Kier molecular flexibility index (Phi) is 4.46. The number of benzene rings is 1. The summed E-state index contributed by atoms with van der Waals surface area (Å²) in [5.41, 5.74) is 6.18. The van der Waals surface area contributed by atoms with Gasteiger partial charge in [-0.2, -0.15) is 0 Å². The van der Waals surface area contributed by atoms with E-state index in [-0.39, 0.29) is 22.5 Å². The highest BCUT2D eigenvalue weighted by Gasteiger charge is 2.32. The average molecular weight is 287 g/mol. The molecule has 0 spiro atoms. The molecule has 0 saturated carbocycles. The molecule has 1 saturated heterocycles. The normalized spacial score (nSPS) is 21.3. The van der Waals surface area contributed by atoms with Gasteiger partial charge in [0.1, 0.15) is 5.82 Å². The van der Waals surface area contributed by atoms with Gasteiger partial charge in [-0.1, -0.05) is 23.7 Å². The molecule has 3 nitrogen and oxygen atoms in total. The zero-order valence-corrected chi connectivity index (χ0v) is 12.1. The maximum Gasteiger partial charge on any atom is 0.146 e. The third-order valence-corrected chi connectivity index (χ3v) is 3.75. The van der Waals surface area contributed by atoms with Crippen LogP contribution in [0.5, 0.6) is 0 Å². The van der Waals surface area contributed by atoms with Crippen molar-refractivity contribution in [3.05, 3.63) is 34.6 Å². The Bertz CT molecular complexity index is 453. The Hall–Kier alpha value is -0.680. The van der Waals surface area contributed by atoms with Gasteiger partial charge in [0.2, 0.25) is 0 Å². The fourth-order valence-corrected chi connectivity index (χ4v) is 2.75. The predicted molar refractivity (Wildman–Crippen MR) is 74.8 cm³/mol. The lowest BCUT2D eigenvalue weighted by Gasteiger charge is -2.42. The van der Waals surface area contributed by atoms with Crippen LogP contribution in [0, 0.1) is 5.82 Å². The number of ether oxygens (including phenoxy) is 1. The molecule has 1 aromatic carbocycles. The molecule has 2 rings (SSSR count). The first-order valence-corrected chi connectivity index (χ1v) is 6.84. The maximum atomic E-state index is 14.1. The van der Waals surface area contributed by atoms with Crippen molar-refractivity contribution in [2.75, 3.05) is 26.2 Å². The van der Waals surface area contributed by atoms with Crippen LogP contribution < -0.4 is 5.73 Å². The highest BCUT2D eigenvalue weighted by molar-refractivity contribution is 6.30. The van der Waals surface area contributed by atoms with E-state index in [1.165, 1.54) is 0 Å². The molecule has 0 aliphatic carbocycles. The number of morpholine rings is 1. The summed E-state index contributed by atoms with van der Waals surface area (Å²) in [6.45, 7) is 6.51. The quantitative estimate of drug-likeness (QED) is 0.928. The summed E-state index contributed by atoms with van der Waals surface area (Å²) < 4.78 is 19.8. The highest BCUT2D eigenvalue weighted by atomic mass is 35.5.